The second-order valence-corrected chi connectivity index (χ2v) is 5.17. The van der Waals surface area contributed by atoms with Crippen molar-refractivity contribution in [1.29, 1.82) is 0 Å². The van der Waals surface area contributed by atoms with E-state index in [2.05, 4.69) is 48.5 Å². The number of aryl methyl sites for hydroxylation is 2. The number of nitrogens with one attached hydrogen (secondary N) is 1. The zero-order valence-corrected chi connectivity index (χ0v) is 12.3. The molecule has 20 heavy (non-hydrogen) atoms. The molecule has 1 N–H and O–H groups in total. The zero-order chi connectivity index (χ0) is 14.3. The van der Waals surface area contributed by atoms with Gasteiger partial charge >= 0.3 is 0 Å². The molecule has 0 aliphatic carbocycles. The number of aromatic nitrogens is 2. The monoisotopic (exact) mass is 269 g/mol. The Morgan fingerprint density at radius 3 is 2.70 bits per heavy atom. The van der Waals surface area contributed by atoms with Crippen molar-refractivity contribution in [2.24, 2.45) is 7.05 Å². The summed E-state index contributed by atoms with van der Waals surface area (Å²) in [5.74, 6) is 0.924. The molecule has 0 aliphatic heterocycles. The number of hydrogen-bond acceptors (Lipinski definition) is 3. The van der Waals surface area contributed by atoms with Crippen LogP contribution in [0.2, 0.25) is 0 Å². The van der Waals surface area contributed by atoms with E-state index in [1.54, 1.807) is 0 Å². The van der Waals surface area contributed by atoms with Gasteiger partial charge in [-0.3, -0.25) is 4.68 Å². The molecule has 4 nitrogen and oxygen atoms in total. The molecule has 104 valence electrons. The largest absolute Gasteiger partial charge is 0.459 e. The maximum atomic E-state index is 6.07. The van der Waals surface area contributed by atoms with Crippen LogP contribution in [0.5, 0.6) is 0 Å². The van der Waals surface area contributed by atoms with E-state index in [1.165, 1.54) is 0 Å². The fourth-order valence-corrected chi connectivity index (χ4v) is 2.62. The van der Waals surface area contributed by atoms with Crippen LogP contribution in [-0.4, -0.2) is 16.8 Å². The molecule has 3 rings (SSSR count). The summed E-state index contributed by atoms with van der Waals surface area (Å²) in [5, 5.41) is 8.78. The fourth-order valence-electron chi connectivity index (χ4n) is 2.62. The molecule has 0 saturated heterocycles. The molecule has 2 heterocycles. The third-order valence-electron chi connectivity index (χ3n) is 3.92. The Labute approximate surface area is 118 Å². The van der Waals surface area contributed by atoms with Gasteiger partial charge in [0.1, 0.15) is 11.3 Å². The Morgan fingerprint density at radius 1 is 1.30 bits per heavy atom. The van der Waals surface area contributed by atoms with Gasteiger partial charge in [0.25, 0.3) is 0 Å². The summed E-state index contributed by atoms with van der Waals surface area (Å²) in [6.45, 7) is 4.14. The molecule has 3 aromatic rings. The second kappa shape index (κ2) is 4.80. The number of nitrogens with zero attached hydrogens (tertiary/aromatic N) is 2. The lowest BCUT2D eigenvalue weighted by Gasteiger charge is -2.13. The minimum Gasteiger partial charge on any atom is -0.459 e. The Kier molecular flexibility index (Phi) is 3.10. The van der Waals surface area contributed by atoms with Crippen molar-refractivity contribution >= 4 is 11.0 Å². The topological polar surface area (TPSA) is 43.0 Å². The summed E-state index contributed by atoms with van der Waals surface area (Å²) in [5.41, 5.74) is 4.41. The van der Waals surface area contributed by atoms with Crippen molar-refractivity contribution in [2.45, 2.75) is 19.9 Å². The van der Waals surface area contributed by atoms with Gasteiger partial charge in [-0.15, -0.1) is 0 Å². The lowest BCUT2D eigenvalue weighted by molar-refractivity contribution is 0.489. The van der Waals surface area contributed by atoms with Crippen LogP contribution in [0.25, 0.3) is 11.0 Å². The molecule has 0 saturated carbocycles. The van der Waals surface area contributed by atoms with Gasteiger partial charge in [0.05, 0.1) is 12.2 Å². The van der Waals surface area contributed by atoms with E-state index in [1.807, 2.05) is 25.0 Å². The van der Waals surface area contributed by atoms with Crippen LogP contribution in [-0.2, 0) is 7.05 Å². The summed E-state index contributed by atoms with van der Waals surface area (Å²) in [7, 11) is 3.89. The van der Waals surface area contributed by atoms with E-state index in [9.17, 15) is 0 Å². The molecule has 4 heteroatoms. The van der Waals surface area contributed by atoms with Crippen LogP contribution in [0, 0.1) is 13.8 Å². The van der Waals surface area contributed by atoms with E-state index in [-0.39, 0.29) is 6.04 Å². The summed E-state index contributed by atoms with van der Waals surface area (Å²) >= 11 is 0. The molecule has 0 fully saturated rings. The van der Waals surface area contributed by atoms with Crippen molar-refractivity contribution in [2.75, 3.05) is 7.05 Å². The number of hydrogen-bond donors (Lipinski definition) is 1. The van der Waals surface area contributed by atoms with Crippen LogP contribution in [0.15, 0.2) is 34.9 Å². The number of benzene rings is 1. The van der Waals surface area contributed by atoms with E-state index < -0.39 is 0 Å². The quantitative estimate of drug-likeness (QED) is 0.794. The Balaban J connectivity index is 2.12. The van der Waals surface area contributed by atoms with Crippen LogP contribution < -0.4 is 5.32 Å². The Hall–Kier alpha value is -2.07. The first-order chi connectivity index (χ1) is 9.61. The highest BCUT2D eigenvalue weighted by Crippen LogP contribution is 2.30. The molecule has 0 radical (unpaired) electrons. The minimum atomic E-state index is 0.0236. The fraction of sp³-hybridized carbons (Fsp3) is 0.312. The summed E-state index contributed by atoms with van der Waals surface area (Å²) in [6, 6.07) is 8.34. The first kappa shape index (κ1) is 12.9. The normalized spacial score (nSPS) is 13.0. The van der Waals surface area contributed by atoms with Crippen LogP contribution in [0.1, 0.15) is 28.6 Å². The molecule has 1 aromatic carbocycles. The van der Waals surface area contributed by atoms with Crippen molar-refractivity contribution in [3.63, 3.8) is 0 Å². The van der Waals surface area contributed by atoms with Gasteiger partial charge in [-0.25, -0.2) is 0 Å². The molecule has 0 amide bonds. The predicted octanol–water partition coefficient (Wildman–Crippen LogP) is 3.09. The second-order valence-electron chi connectivity index (χ2n) is 5.17. The molecule has 0 aliphatic rings. The summed E-state index contributed by atoms with van der Waals surface area (Å²) in [6.07, 6.45) is 1.90. The molecule has 1 atom stereocenters. The van der Waals surface area contributed by atoms with Gasteiger partial charge in [-0.05, 0) is 32.5 Å². The molecule has 0 spiro atoms. The van der Waals surface area contributed by atoms with Gasteiger partial charge in [0.15, 0.2) is 0 Å². The summed E-state index contributed by atoms with van der Waals surface area (Å²) < 4.78 is 7.95. The number of fused-ring (bicyclic) bond motifs is 1. The van der Waals surface area contributed by atoms with Gasteiger partial charge < -0.3 is 9.73 Å². The first-order valence-electron chi connectivity index (χ1n) is 6.76. The van der Waals surface area contributed by atoms with Crippen molar-refractivity contribution < 1.29 is 4.42 Å². The maximum Gasteiger partial charge on any atom is 0.137 e. The smallest absolute Gasteiger partial charge is 0.137 e. The zero-order valence-electron chi connectivity index (χ0n) is 12.3. The highest BCUT2D eigenvalue weighted by atomic mass is 16.3. The predicted molar refractivity (Wildman–Crippen MR) is 79.8 cm³/mol. The number of para-hydroxylation sites is 1. The Bertz CT molecular complexity index is 754. The Morgan fingerprint density at radius 2 is 2.10 bits per heavy atom. The average molecular weight is 269 g/mol. The standard InChI is InChI=1S/C16H19N3O/c1-10-6-5-7-12-8-14(20-16(10)12)15(17-3)13-9-18-19(4)11(13)2/h5-9,15,17H,1-4H3. The van der Waals surface area contributed by atoms with Crippen molar-refractivity contribution in [3.8, 4) is 0 Å². The van der Waals surface area contributed by atoms with Crippen LogP contribution in [0.3, 0.4) is 0 Å². The molecule has 0 bridgehead atoms. The highest BCUT2D eigenvalue weighted by molar-refractivity contribution is 5.81. The SMILES string of the molecule is CNC(c1cc2cccc(C)c2o1)c1cnn(C)c1C. The van der Waals surface area contributed by atoms with E-state index in [0.29, 0.717) is 0 Å². The van der Waals surface area contributed by atoms with Gasteiger partial charge in [0.2, 0.25) is 0 Å². The van der Waals surface area contributed by atoms with Crippen molar-refractivity contribution in [3.05, 3.63) is 53.0 Å². The lowest BCUT2D eigenvalue weighted by Crippen LogP contribution is -2.17. The molecule has 1 unspecified atom stereocenters. The van der Waals surface area contributed by atoms with Gasteiger partial charge in [0, 0.05) is 23.7 Å². The van der Waals surface area contributed by atoms with Crippen LogP contribution >= 0.6 is 0 Å². The third kappa shape index (κ3) is 1.93. The average Bonchev–Trinajstić information content (AvgIpc) is 2.99. The van der Waals surface area contributed by atoms with Gasteiger partial charge in [-0.2, -0.15) is 5.10 Å². The molecule has 2 aromatic heterocycles. The lowest BCUT2D eigenvalue weighted by atomic mass is 10.1. The van der Waals surface area contributed by atoms with Gasteiger partial charge in [-0.1, -0.05) is 18.2 Å². The van der Waals surface area contributed by atoms with Crippen molar-refractivity contribution in [1.82, 2.24) is 15.1 Å². The maximum absolute atomic E-state index is 6.07. The molecular weight excluding hydrogens is 250 g/mol. The minimum absolute atomic E-state index is 0.0236. The van der Waals surface area contributed by atoms with E-state index >= 15 is 0 Å². The third-order valence-corrected chi connectivity index (χ3v) is 3.92. The summed E-state index contributed by atoms with van der Waals surface area (Å²) in [4.78, 5) is 0. The van der Waals surface area contributed by atoms with Crippen LogP contribution in [0.4, 0.5) is 0 Å². The number of rotatable bonds is 3. The van der Waals surface area contributed by atoms with E-state index in [4.69, 9.17) is 4.42 Å². The molecular formula is C16H19N3O. The number of furan rings is 1. The highest BCUT2D eigenvalue weighted by Gasteiger charge is 2.21. The first-order valence-corrected chi connectivity index (χ1v) is 6.76. The van der Waals surface area contributed by atoms with E-state index in [0.717, 1.165) is 33.6 Å².